The molecule has 0 aromatic carbocycles. The van der Waals surface area contributed by atoms with E-state index in [4.69, 9.17) is 0 Å². The number of nitrogens with zero attached hydrogens (tertiary/aromatic N) is 2. The van der Waals surface area contributed by atoms with Crippen LogP contribution in [0.1, 0.15) is 0 Å². The second-order valence-electron chi connectivity index (χ2n) is 2.29. The number of carbonyl (C=O) groups excluding carboxylic acids is 1. The molecule has 0 fully saturated rings. The quantitative estimate of drug-likeness (QED) is 0.507. The highest BCUT2D eigenvalue weighted by Crippen LogP contribution is 2.22. The van der Waals surface area contributed by atoms with E-state index in [0.717, 1.165) is 5.69 Å². The fourth-order valence-electron chi connectivity index (χ4n) is 1.03. The minimum atomic E-state index is -0.283. The minimum absolute atomic E-state index is 0.283. The first-order valence-electron chi connectivity index (χ1n) is 3.43. The standard InChI is InChI=1S/C6H7N5O/c12-3-9-6-10-4-1-7-2-8-5(4)11-6/h1-3,6,10H,(H,9,12)(H,7,8,11)/t6-/m0/s1. The molecule has 0 saturated carbocycles. The molecular formula is C6H7N5O. The van der Waals surface area contributed by atoms with E-state index in [9.17, 15) is 4.79 Å². The molecule has 62 valence electrons. The van der Waals surface area contributed by atoms with Gasteiger partial charge in [-0.3, -0.25) is 4.79 Å². The van der Waals surface area contributed by atoms with E-state index < -0.39 is 0 Å². The summed E-state index contributed by atoms with van der Waals surface area (Å²) in [6.07, 6.45) is 3.41. The van der Waals surface area contributed by atoms with Gasteiger partial charge in [-0.1, -0.05) is 0 Å². The van der Waals surface area contributed by atoms with Gasteiger partial charge in [0.2, 0.25) is 6.41 Å². The monoisotopic (exact) mass is 165 g/mol. The van der Waals surface area contributed by atoms with Gasteiger partial charge in [-0.2, -0.15) is 0 Å². The van der Waals surface area contributed by atoms with E-state index in [0.29, 0.717) is 12.2 Å². The average Bonchev–Trinajstić information content (AvgIpc) is 2.47. The molecule has 12 heavy (non-hydrogen) atoms. The number of anilines is 2. The van der Waals surface area contributed by atoms with Crippen LogP contribution in [0.2, 0.25) is 0 Å². The highest BCUT2D eigenvalue weighted by molar-refractivity contribution is 5.70. The van der Waals surface area contributed by atoms with Crippen molar-refractivity contribution in [3.05, 3.63) is 12.5 Å². The third-order valence-electron chi connectivity index (χ3n) is 1.53. The van der Waals surface area contributed by atoms with Gasteiger partial charge in [0.25, 0.3) is 0 Å². The lowest BCUT2D eigenvalue weighted by Gasteiger charge is -2.08. The summed E-state index contributed by atoms with van der Waals surface area (Å²) in [5.41, 5.74) is 0.789. The van der Waals surface area contributed by atoms with Gasteiger partial charge in [-0.25, -0.2) is 9.97 Å². The molecule has 1 aromatic heterocycles. The van der Waals surface area contributed by atoms with Gasteiger partial charge in [0.15, 0.2) is 12.1 Å². The molecule has 1 aliphatic rings. The maximum Gasteiger partial charge on any atom is 0.210 e. The highest BCUT2D eigenvalue weighted by atomic mass is 16.1. The fourth-order valence-corrected chi connectivity index (χ4v) is 1.03. The maximum absolute atomic E-state index is 10.1. The molecule has 3 N–H and O–H groups in total. The number of nitrogens with one attached hydrogen (secondary N) is 3. The van der Waals surface area contributed by atoms with E-state index >= 15 is 0 Å². The summed E-state index contributed by atoms with van der Waals surface area (Å²) >= 11 is 0. The fraction of sp³-hybridized carbons (Fsp3) is 0.167. The van der Waals surface area contributed by atoms with E-state index in [2.05, 4.69) is 25.9 Å². The van der Waals surface area contributed by atoms with Crippen molar-refractivity contribution >= 4 is 17.9 Å². The van der Waals surface area contributed by atoms with Crippen LogP contribution in [0.3, 0.4) is 0 Å². The van der Waals surface area contributed by atoms with Crippen molar-refractivity contribution in [3.8, 4) is 0 Å². The van der Waals surface area contributed by atoms with Gasteiger partial charge in [-0.05, 0) is 0 Å². The van der Waals surface area contributed by atoms with E-state index in [1.807, 2.05) is 0 Å². The largest absolute Gasteiger partial charge is 0.344 e. The highest BCUT2D eigenvalue weighted by Gasteiger charge is 2.18. The summed E-state index contributed by atoms with van der Waals surface area (Å²) < 4.78 is 0. The number of hydrogen-bond acceptors (Lipinski definition) is 5. The molecule has 0 spiro atoms. The number of rotatable bonds is 2. The zero-order valence-corrected chi connectivity index (χ0v) is 6.11. The van der Waals surface area contributed by atoms with Crippen molar-refractivity contribution < 1.29 is 4.79 Å². The van der Waals surface area contributed by atoms with Crippen molar-refractivity contribution in [1.82, 2.24) is 15.3 Å². The van der Waals surface area contributed by atoms with Gasteiger partial charge in [0, 0.05) is 0 Å². The van der Waals surface area contributed by atoms with E-state index in [1.54, 1.807) is 6.20 Å². The summed E-state index contributed by atoms with van der Waals surface area (Å²) in [5, 5.41) is 8.41. The third-order valence-corrected chi connectivity index (χ3v) is 1.53. The first-order chi connectivity index (χ1) is 5.90. The molecule has 0 bridgehead atoms. The Morgan fingerprint density at radius 1 is 1.58 bits per heavy atom. The van der Waals surface area contributed by atoms with Crippen LogP contribution >= 0.6 is 0 Å². The molecule has 0 aliphatic carbocycles. The molecule has 0 unspecified atom stereocenters. The first kappa shape index (κ1) is 6.84. The van der Waals surface area contributed by atoms with E-state index in [-0.39, 0.29) is 6.29 Å². The van der Waals surface area contributed by atoms with Crippen LogP contribution in [-0.4, -0.2) is 22.7 Å². The lowest BCUT2D eigenvalue weighted by Crippen LogP contribution is -2.37. The normalized spacial score (nSPS) is 18.8. The van der Waals surface area contributed by atoms with Crippen molar-refractivity contribution in [2.75, 3.05) is 10.6 Å². The lowest BCUT2D eigenvalue weighted by molar-refractivity contribution is -0.109. The molecular weight excluding hydrogens is 158 g/mol. The Kier molecular flexibility index (Phi) is 1.51. The first-order valence-corrected chi connectivity index (χ1v) is 3.43. The minimum Gasteiger partial charge on any atom is -0.344 e. The Labute approximate surface area is 68.4 Å². The SMILES string of the molecule is O=CN[C@H]1Nc2cncnc2N1. The molecule has 2 rings (SSSR count). The smallest absolute Gasteiger partial charge is 0.210 e. The average molecular weight is 165 g/mol. The lowest BCUT2D eigenvalue weighted by atomic mass is 10.5. The van der Waals surface area contributed by atoms with Crippen LogP contribution in [-0.2, 0) is 4.79 Å². The van der Waals surface area contributed by atoms with Gasteiger partial charge >= 0.3 is 0 Å². The van der Waals surface area contributed by atoms with Crippen molar-refractivity contribution in [3.63, 3.8) is 0 Å². The molecule has 1 atom stereocenters. The maximum atomic E-state index is 10.1. The van der Waals surface area contributed by atoms with Crippen LogP contribution in [0, 0.1) is 0 Å². The zero-order chi connectivity index (χ0) is 8.39. The van der Waals surface area contributed by atoms with Crippen LogP contribution in [0.15, 0.2) is 12.5 Å². The number of hydrogen-bond donors (Lipinski definition) is 3. The van der Waals surface area contributed by atoms with Crippen LogP contribution in [0.25, 0.3) is 0 Å². The molecule has 6 heteroatoms. The Balaban J connectivity index is 2.16. The Bertz CT molecular complexity index is 277. The molecule has 0 saturated heterocycles. The molecule has 1 aliphatic heterocycles. The Morgan fingerprint density at radius 3 is 3.25 bits per heavy atom. The van der Waals surface area contributed by atoms with Crippen molar-refractivity contribution in [2.24, 2.45) is 0 Å². The van der Waals surface area contributed by atoms with Gasteiger partial charge in [0.1, 0.15) is 6.33 Å². The topological polar surface area (TPSA) is 78.9 Å². The van der Waals surface area contributed by atoms with Crippen molar-refractivity contribution in [2.45, 2.75) is 6.29 Å². The molecule has 0 radical (unpaired) electrons. The second-order valence-corrected chi connectivity index (χ2v) is 2.29. The number of amides is 1. The second kappa shape index (κ2) is 2.65. The predicted molar refractivity (Wildman–Crippen MR) is 42.3 cm³/mol. The van der Waals surface area contributed by atoms with Gasteiger partial charge < -0.3 is 16.0 Å². The summed E-state index contributed by atoms with van der Waals surface area (Å²) in [4.78, 5) is 17.9. The van der Waals surface area contributed by atoms with Crippen LogP contribution < -0.4 is 16.0 Å². The summed E-state index contributed by atoms with van der Waals surface area (Å²) in [6, 6.07) is 0. The van der Waals surface area contributed by atoms with Crippen LogP contribution in [0.5, 0.6) is 0 Å². The Morgan fingerprint density at radius 2 is 2.50 bits per heavy atom. The predicted octanol–water partition coefficient (Wildman–Crippen LogP) is -0.656. The zero-order valence-electron chi connectivity index (χ0n) is 6.11. The number of aromatic nitrogens is 2. The molecule has 2 heterocycles. The van der Waals surface area contributed by atoms with Crippen LogP contribution in [0.4, 0.5) is 11.5 Å². The summed E-state index contributed by atoms with van der Waals surface area (Å²) in [5.74, 6) is 0.698. The third kappa shape index (κ3) is 1.03. The van der Waals surface area contributed by atoms with Gasteiger partial charge in [0.05, 0.1) is 11.9 Å². The summed E-state index contributed by atoms with van der Waals surface area (Å²) in [7, 11) is 0. The molecule has 1 aromatic rings. The van der Waals surface area contributed by atoms with Crippen molar-refractivity contribution in [1.29, 1.82) is 0 Å². The summed E-state index contributed by atoms with van der Waals surface area (Å²) in [6.45, 7) is 0. The number of fused-ring (bicyclic) bond motifs is 1. The van der Waals surface area contributed by atoms with Gasteiger partial charge in [-0.15, -0.1) is 0 Å². The number of carbonyl (C=O) groups is 1. The molecule has 1 amide bonds. The van der Waals surface area contributed by atoms with E-state index in [1.165, 1.54) is 6.33 Å². The Hall–Kier alpha value is -1.85. The molecule has 6 nitrogen and oxygen atoms in total.